The van der Waals surface area contributed by atoms with Gasteiger partial charge in [0.2, 0.25) is 0 Å². The molecule has 0 radical (unpaired) electrons. The molecule has 0 bridgehead atoms. The summed E-state index contributed by atoms with van der Waals surface area (Å²) in [5, 5.41) is 11.1. The van der Waals surface area contributed by atoms with E-state index >= 15 is 0 Å². The van der Waals surface area contributed by atoms with E-state index in [1.54, 1.807) is 0 Å². The molecule has 1 atom stereocenters. The summed E-state index contributed by atoms with van der Waals surface area (Å²) >= 11 is 5.68. The summed E-state index contributed by atoms with van der Waals surface area (Å²) in [6.45, 7) is -1.83. The summed E-state index contributed by atoms with van der Waals surface area (Å²) < 4.78 is 48.7. The fourth-order valence-corrected chi connectivity index (χ4v) is 1.59. The molecule has 1 rings (SSSR count). The zero-order chi connectivity index (χ0) is 13.1. The van der Waals surface area contributed by atoms with Gasteiger partial charge in [0.25, 0.3) is 0 Å². The molecule has 1 aromatic carbocycles. The summed E-state index contributed by atoms with van der Waals surface area (Å²) in [5.41, 5.74) is 0.222. The Balaban J connectivity index is 2.79. The van der Waals surface area contributed by atoms with Crippen LogP contribution in [0, 0.1) is 5.82 Å². The lowest BCUT2D eigenvalue weighted by molar-refractivity contribution is -0.126. The van der Waals surface area contributed by atoms with E-state index in [0.717, 1.165) is 12.1 Å². The van der Waals surface area contributed by atoms with Crippen LogP contribution in [0.3, 0.4) is 0 Å². The van der Waals surface area contributed by atoms with Crippen molar-refractivity contribution in [3.8, 4) is 0 Å². The molecule has 2 N–H and O–H groups in total. The first-order valence-electron chi connectivity index (χ1n) is 4.69. The number of benzene rings is 1. The van der Waals surface area contributed by atoms with Crippen LogP contribution >= 0.6 is 11.6 Å². The second-order valence-corrected chi connectivity index (χ2v) is 3.80. The molecule has 0 spiro atoms. The van der Waals surface area contributed by atoms with E-state index in [-0.39, 0.29) is 10.6 Å². The molecule has 0 aliphatic carbocycles. The second-order valence-electron chi connectivity index (χ2n) is 3.40. The Morgan fingerprint density at radius 3 is 2.47 bits per heavy atom. The largest absolute Gasteiger partial charge is 0.401 e. The van der Waals surface area contributed by atoms with Crippen molar-refractivity contribution < 1.29 is 22.7 Å². The maximum Gasteiger partial charge on any atom is 0.401 e. The molecule has 7 heteroatoms. The molecule has 0 amide bonds. The number of aliphatic hydroxyl groups excluding tert-OH is 1. The molecule has 0 saturated heterocycles. The van der Waals surface area contributed by atoms with Crippen LogP contribution < -0.4 is 5.32 Å². The van der Waals surface area contributed by atoms with Gasteiger partial charge < -0.3 is 5.11 Å². The molecule has 0 aromatic heterocycles. The molecular weight excluding hydrogens is 262 g/mol. The molecule has 96 valence electrons. The number of rotatable bonds is 4. The van der Waals surface area contributed by atoms with Crippen molar-refractivity contribution in [1.82, 2.24) is 5.32 Å². The SMILES string of the molecule is OCC(NCC(F)(F)F)c1ccc(F)cc1Cl. The van der Waals surface area contributed by atoms with Gasteiger partial charge in [-0.25, -0.2) is 4.39 Å². The fourth-order valence-electron chi connectivity index (χ4n) is 1.30. The van der Waals surface area contributed by atoms with Crippen molar-refractivity contribution in [3.63, 3.8) is 0 Å². The standard InChI is InChI=1S/C10H10ClF4NO/c11-8-3-6(12)1-2-7(8)9(4-17)16-5-10(13,14)15/h1-3,9,16-17H,4-5H2. The average Bonchev–Trinajstić information content (AvgIpc) is 2.19. The quantitative estimate of drug-likeness (QED) is 0.825. The lowest BCUT2D eigenvalue weighted by atomic mass is 10.1. The van der Waals surface area contributed by atoms with Gasteiger partial charge in [0.1, 0.15) is 5.82 Å². The van der Waals surface area contributed by atoms with Crippen LogP contribution in [0.15, 0.2) is 18.2 Å². The Bertz CT molecular complexity index is 383. The van der Waals surface area contributed by atoms with Crippen LogP contribution in [0.25, 0.3) is 0 Å². The summed E-state index contributed by atoms with van der Waals surface area (Å²) in [7, 11) is 0. The number of halogens is 5. The molecule has 1 unspecified atom stereocenters. The number of alkyl halides is 3. The van der Waals surface area contributed by atoms with Crippen LogP contribution in [0.1, 0.15) is 11.6 Å². The van der Waals surface area contributed by atoms with Gasteiger partial charge in [-0.05, 0) is 17.7 Å². The lowest BCUT2D eigenvalue weighted by Gasteiger charge is -2.19. The van der Waals surface area contributed by atoms with Gasteiger partial charge in [-0.15, -0.1) is 0 Å². The van der Waals surface area contributed by atoms with Crippen LogP contribution in [0.4, 0.5) is 17.6 Å². The normalized spacial score (nSPS) is 13.8. The van der Waals surface area contributed by atoms with Crippen LogP contribution in [-0.4, -0.2) is 24.4 Å². The van der Waals surface area contributed by atoms with E-state index < -0.39 is 31.2 Å². The monoisotopic (exact) mass is 271 g/mol. The predicted octanol–water partition coefficient (Wildman–Crippen LogP) is 2.66. The predicted molar refractivity (Wildman–Crippen MR) is 55.3 cm³/mol. The average molecular weight is 272 g/mol. The molecule has 0 aliphatic heterocycles. The van der Waals surface area contributed by atoms with E-state index in [1.165, 1.54) is 6.07 Å². The minimum absolute atomic E-state index is 0.0290. The maximum atomic E-state index is 12.7. The molecule has 17 heavy (non-hydrogen) atoms. The number of nitrogens with one attached hydrogen (secondary N) is 1. The summed E-state index contributed by atoms with van der Waals surface area (Å²) in [5.74, 6) is -0.591. The first-order chi connectivity index (χ1) is 7.83. The zero-order valence-electron chi connectivity index (χ0n) is 8.56. The van der Waals surface area contributed by atoms with Crippen molar-refractivity contribution >= 4 is 11.6 Å². The second kappa shape index (κ2) is 5.66. The Labute approximate surface area is 100 Å². The van der Waals surface area contributed by atoms with Gasteiger partial charge in [0.05, 0.1) is 19.2 Å². The van der Waals surface area contributed by atoms with Crippen molar-refractivity contribution in [2.24, 2.45) is 0 Å². The fraction of sp³-hybridized carbons (Fsp3) is 0.400. The summed E-state index contributed by atoms with van der Waals surface area (Å²) in [6, 6.07) is 2.31. The Kier molecular flexibility index (Phi) is 4.73. The van der Waals surface area contributed by atoms with Crippen LogP contribution in [0.5, 0.6) is 0 Å². The molecule has 0 heterocycles. The number of aliphatic hydroxyl groups is 1. The lowest BCUT2D eigenvalue weighted by Crippen LogP contribution is -2.33. The summed E-state index contributed by atoms with van der Waals surface area (Å²) in [6.07, 6.45) is -4.39. The van der Waals surface area contributed by atoms with E-state index in [1.807, 2.05) is 0 Å². The smallest absolute Gasteiger partial charge is 0.394 e. The molecule has 0 fully saturated rings. The molecular formula is C10H10ClF4NO. The Hall–Kier alpha value is -0.850. The third-order valence-electron chi connectivity index (χ3n) is 2.07. The summed E-state index contributed by atoms with van der Waals surface area (Å²) in [4.78, 5) is 0. The minimum atomic E-state index is -4.39. The van der Waals surface area contributed by atoms with Gasteiger partial charge in [-0.2, -0.15) is 13.2 Å². The van der Waals surface area contributed by atoms with Crippen molar-refractivity contribution in [2.75, 3.05) is 13.2 Å². The van der Waals surface area contributed by atoms with E-state index in [9.17, 15) is 17.6 Å². The maximum absolute atomic E-state index is 12.7. The highest BCUT2D eigenvalue weighted by Crippen LogP contribution is 2.24. The van der Waals surface area contributed by atoms with Gasteiger partial charge in [0.15, 0.2) is 0 Å². The van der Waals surface area contributed by atoms with Gasteiger partial charge in [-0.3, -0.25) is 5.32 Å². The third-order valence-corrected chi connectivity index (χ3v) is 2.40. The van der Waals surface area contributed by atoms with E-state index in [4.69, 9.17) is 16.7 Å². The molecule has 0 aliphatic rings. The molecule has 2 nitrogen and oxygen atoms in total. The van der Waals surface area contributed by atoms with Crippen molar-refractivity contribution in [3.05, 3.63) is 34.6 Å². The zero-order valence-corrected chi connectivity index (χ0v) is 9.32. The highest BCUT2D eigenvalue weighted by Gasteiger charge is 2.28. The topological polar surface area (TPSA) is 32.3 Å². The van der Waals surface area contributed by atoms with Crippen LogP contribution in [-0.2, 0) is 0 Å². The highest BCUT2D eigenvalue weighted by atomic mass is 35.5. The van der Waals surface area contributed by atoms with E-state index in [2.05, 4.69) is 5.32 Å². The van der Waals surface area contributed by atoms with Crippen molar-refractivity contribution in [2.45, 2.75) is 12.2 Å². The third kappa shape index (κ3) is 4.49. The number of hydrogen-bond donors (Lipinski definition) is 2. The molecule has 0 saturated carbocycles. The van der Waals surface area contributed by atoms with Crippen LogP contribution in [0.2, 0.25) is 5.02 Å². The first kappa shape index (κ1) is 14.2. The van der Waals surface area contributed by atoms with Crippen molar-refractivity contribution in [1.29, 1.82) is 0 Å². The van der Waals surface area contributed by atoms with E-state index in [0.29, 0.717) is 0 Å². The Morgan fingerprint density at radius 1 is 1.35 bits per heavy atom. The molecule has 1 aromatic rings. The van der Waals surface area contributed by atoms with Gasteiger partial charge >= 0.3 is 6.18 Å². The van der Waals surface area contributed by atoms with Gasteiger partial charge in [0, 0.05) is 5.02 Å². The number of hydrogen-bond acceptors (Lipinski definition) is 2. The Morgan fingerprint density at radius 2 is 2.00 bits per heavy atom. The minimum Gasteiger partial charge on any atom is -0.394 e. The highest BCUT2D eigenvalue weighted by molar-refractivity contribution is 6.31. The first-order valence-corrected chi connectivity index (χ1v) is 5.07. The van der Waals surface area contributed by atoms with Gasteiger partial charge in [-0.1, -0.05) is 17.7 Å².